The van der Waals surface area contributed by atoms with Crippen LogP contribution in [0.3, 0.4) is 0 Å². The van der Waals surface area contributed by atoms with Crippen molar-refractivity contribution < 1.29 is 17.9 Å². The highest BCUT2D eigenvalue weighted by Gasteiger charge is 2.31. The third-order valence-electron chi connectivity index (χ3n) is 4.30. The highest BCUT2D eigenvalue weighted by Crippen LogP contribution is 2.26. The molecular weight excluding hydrogens is 340 g/mol. The minimum absolute atomic E-state index is 0.162. The van der Waals surface area contributed by atoms with Gasteiger partial charge in [-0.3, -0.25) is 4.98 Å². The number of aryl methyl sites for hydroxylation is 1. The quantitative estimate of drug-likeness (QED) is 0.818. The van der Waals surface area contributed by atoms with Crippen molar-refractivity contribution in [2.45, 2.75) is 30.8 Å². The number of benzene rings is 1. The molecule has 0 amide bonds. The number of piperidine rings is 1. The molecular formula is C18H22N2O4S. The van der Waals surface area contributed by atoms with E-state index in [-0.39, 0.29) is 11.0 Å². The van der Waals surface area contributed by atoms with E-state index in [9.17, 15) is 8.42 Å². The van der Waals surface area contributed by atoms with Gasteiger partial charge in [0.05, 0.1) is 18.6 Å². The van der Waals surface area contributed by atoms with Crippen LogP contribution in [0, 0.1) is 6.92 Å². The van der Waals surface area contributed by atoms with Crippen LogP contribution in [0.25, 0.3) is 0 Å². The van der Waals surface area contributed by atoms with Crippen molar-refractivity contribution in [3.63, 3.8) is 0 Å². The van der Waals surface area contributed by atoms with Crippen LogP contribution >= 0.6 is 0 Å². The summed E-state index contributed by atoms with van der Waals surface area (Å²) in [6.45, 7) is 2.68. The lowest BCUT2D eigenvalue weighted by atomic mass is 10.1. The Kier molecular flexibility index (Phi) is 5.24. The zero-order chi connectivity index (χ0) is 17.9. The molecule has 1 aliphatic rings. The van der Waals surface area contributed by atoms with Crippen molar-refractivity contribution in [1.29, 1.82) is 0 Å². The number of methoxy groups -OCH3 is 1. The molecule has 0 aliphatic carbocycles. The second-order valence-electron chi connectivity index (χ2n) is 6.06. The van der Waals surface area contributed by atoms with E-state index in [1.165, 1.54) is 4.31 Å². The van der Waals surface area contributed by atoms with Crippen molar-refractivity contribution in [1.82, 2.24) is 9.29 Å². The topological polar surface area (TPSA) is 68.7 Å². The monoisotopic (exact) mass is 362 g/mol. The fourth-order valence-corrected chi connectivity index (χ4v) is 4.59. The molecule has 2 heterocycles. The Morgan fingerprint density at radius 1 is 1.20 bits per heavy atom. The first kappa shape index (κ1) is 17.7. The van der Waals surface area contributed by atoms with Crippen LogP contribution in [0.4, 0.5) is 0 Å². The van der Waals surface area contributed by atoms with E-state index in [2.05, 4.69) is 4.98 Å². The Balaban J connectivity index is 1.76. The molecule has 3 rings (SSSR count). The van der Waals surface area contributed by atoms with Gasteiger partial charge in [-0.05, 0) is 55.7 Å². The molecule has 1 aliphatic heterocycles. The zero-order valence-electron chi connectivity index (χ0n) is 14.4. The van der Waals surface area contributed by atoms with Crippen LogP contribution in [0.5, 0.6) is 11.5 Å². The van der Waals surface area contributed by atoms with Crippen molar-refractivity contribution in [2.75, 3.05) is 20.2 Å². The molecule has 1 aromatic carbocycles. The first-order valence-corrected chi connectivity index (χ1v) is 9.66. The maximum Gasteiger partial charge on any atom is 0.243 e. The lowest BCUT2D eigenvalue weighted by Crippen LogP contribution is -2.44. The Labute approximate surface area is 148 Å². The van der Waals surface area contributed by atoms with Gasteiger partial charge in [-0.2, -0.15) is 4.31 Å². The largest absolute Gasteiger partial charge is 0.496 e. The summed E-state index contributed by atoms with van der Waals surface area (Å²) in [4.78, 5) is 4.25. The fraction of sp³-hybridized carbons (Fsp3) is 0.389. The molecule has 1 fully saturated rings. The summed E-state index contributed by atoms with van der Waals surface area (Å²) in [5.41, 5.74) is 0.796. The summed E-state index contributed by atoms with van der Waals surface area (Å²) in [7, 11) is -1.98. The van der Waals surface area contributed by atoms with Crippen molar-refractivity contribution in [3.05, 3.63) is 48.3 Å². The minimum atomic E-state index is -3.55. The van der Waals surface area contributed by atoms with Gasteiger partial charge in [-0.25, -0.2) is 8.42 Å². The number of hydrogen-bond acceptors (Lipinski definition) is 5. The Morgan fingerprint density at radius 3 is 2.64 bits per heavy atom. The summed E-state index contributed by atoms with van der Waals surface area (Å²) in [6, 6.07) is 8.49. The van der Waals surface area contributed by atoms with Gasteiger partial charge in [-0.15, -0.1) is 0 Å². The predicted molar refractivity (Wildman–Crippen MR) is 94.4 cm³/mol. The molecule has 0 saturated carbocycles. The third kappa shape index (κ3) is 3.93. The lowest BCUT2D eigenvalue weighted by molar-refractivity contribution is 0.129. The first-order chi connectivity index (χ1) is 12.0. The van der Waals surface area contributed by atoms with Crippen LogP contribution in [-0.2, 0) is 10.0 Å². The number of sulfonamides is 1. The molecule has 1 saturated heterocycles. The average molecular weight is 362 g/mol. The van der Waals surface area contributed by atoms with Gasteiger partial charge in [0, 0.05) is 18.9 Å². The molecule has 0 unspecified atom stereocenters. The van der Waals surface area contributed by atoms with Gasteiger partial charge < -0.3 is 9.47 Å². The van der Waals surface area contributed by atoms with Gasteiger partial charge >= 0.3 is 0 Å². The zero-order valence-corrected chi connectivity index (χ0v) is 15.2. The standard InChI is InChI=1S/C18H22N2O4S/c1-14-12-17(5-6-18(14)23-2)25(21,22)20-11-3-4-16(13-20)24-15-7-9-19-10-8-15/h5-10,12,16H,3-4,11,13H2,1-2H3/t16-/m1/s1. The Morgan fingerprint density at radius 2 is 1.96 bits per heavy atom. The van der Waals surface area contributed by atoms with E-state index in [4.69, 9.17) is 9.47 Å². The Hall–Kier alpha value is -2.12. The number of pyridine rings is 1. The molecule has 0 bridgehead atoms. The molecule has 134 valence electrons. The summed E-state index contributed by atoms with van der Waals surface area (Å²) in [5.74, 6) is 1.39. The van der Waals surface area contributed by atoms with E-state index >= 15 is 0 Å². The van der Waals surface area contributed by atoms with Crippen molar-refractivity contribution >= 4 is 10.0 Å². The summed E-state index contributed by atoms with van der Waals surface area (Å²) in [6.07, 6.45) is 4.75. The lowest BCUT2D eigenvalue weighted by Gasteiger charge is -2.32. The number of hydrogen-bond donors (Lipinski definition) is 0. The van der Waals surface area contributed by atoms with Crippen molar-refractivity contribution in [2.24, 2.45) is 0 Å². The molecule has 0 spiro atoms. The number of rotatable bonds is 5. The van der Waals surface area contributed by atoms with Gasteiger partial charge in [0.2, 0.25) is 10.0 Å². The summed E-state index contributed by atoms with van der Waals surface area (Å²) >= 11 is 0. The van der Waals surface area contributed by atoms with Crippen LogP contribution in [-0.4, -0.2) is 44.0 Å². The minimum Gasteiger partial charge on any atom is -0.496 e. The summed E-state index contributed by atoms with van der Waals surface area (Å²) < 4.78 is 38.5. The average Bonchev–Trinajstić information content (AvgIpc) is 2.62. The number of nitrogens with zero attached hydrogens (tertiary/aromatic N) is 2. The highest BCUT2D eigenvalue weighted by atomic mass is 32.2. The molecule has 2 aromatic rings. The number of aromatic nitrogens is 1. The van der Waals surface area contributed by atoms with Crippen LogP contribution in [0.15, 0.2) is 47.6 Å². The SMILES string of the molecule is COc1ccc(S(=O)(=O)N2CCC[C@@H](Oc3ccncc3)C2)cc1C. The highest BCUT2D eigenvalue weighted by molar-refractivity contribution is 7.89. The van der Waals surface area contributed by atoms with Crippen molar-refractivity contribution in [3.8, 4) is 11.5 Å². The van der Waals surface area contributed by atoms with Crippen LogP contribution in [0.1, 0.15) is 18.4 Å². The van der Waals surface area contributed by atoms with E-state index in [1.54, 1.807) is 49.8 Å². The molecule has 25 heavy (non-hydrogen) atoms. The van der Waals surface area contributed by atoms with E-state index in [0.717, 1.165) is 18.4 Å². The number of ether oxygens (including phenoxy) is 2. The molecule has 0 radical (unpaired) electrons. The fourth-order valence-electron chi connectivity index (χ4n) is 2.99. The molecule has 7 heteroatoms. The Bertz CT molecular complexity index is 824. The molecule has 6 nitrogen and oxygen atoms in total. The predicted octanol–water partition coefficient (Wildman–Crippen LogP) is 2.63. The molecule has 1 aromatic heterocycles. The molecule has 0 N–H and O–H groups in total. The third-order valence-corrected chi connectivity index (χ3v) is 6.16. The second kappa shape index (κ2) is 7.41. The van der Waals surface area contributed by atoms with E-state index in [1.807, 2.05) is 6.92 Å². The maximum atomic E-state index is 13.0. The van der Waals surface area contributed by atoms with Crippen LogP contribution < -0.4 is 9.47 Å². The van der Waals surface area contributed by atoms with Gasteiger partial charge in [-0.1, -0.05) is 0 Å². The maximum absolute atomic E-state index is 13.0. The summed E-state index contributed by atoms with van der Waals surface area (Å²) in [5, 5.41) is 0. The van der Waals surface area contributed by atoms with Gasteiger partial charge in [0.15, 0.2) is 0 Å². The first-order valence-electron chi connectivity index (χ1n) is 8.22. The second-order valence-corrected chi connectivity index (χ2v) is 8.00. The molecule has 1 atom stereocenters. The van der Waals surface area contributed by atoms with E-state index < -0.39 is 10.0 Å². The smallest absolute Gasteiger partial charge is 0.243 e. The van der Waals surface area contributed by atoms with E-state index in [0.29, 0.717) is 24.6 Å². The van der Waals surface area contributed by atoms with Gasteiger partial charge in [0.1, 0.15) is 17.6 Å². The van der Waals surface area contributed by atoms with Gasteiger partial charge in [0.25, 0.3) is 0 Å². The van der Waals surface area contributed by atoms with Crippen LogP contribution in [0.2, 0.25) is 0 Å². The normalized spacial score (nSPS) is 18.7.